The average Bonchev–Trinajstić information content (AvgIpc) is 2.68. The summed E-state index contributed by atoms with van der Waals surface area (Å²) in [7, 11) is 0. The second kappa shape index (κ2) is 9.69. The first-order chi connectivity index (χ1) is 12.7. The van der Waals surface area contributed by atoms with Crippen molar-refractivity contribution in [1.29, 1.82) is 0 Å². The number of benzene rings is 1. The predicted octanol–water partition coefficient (Wildman–Crippen LogP) is 3.35. The van der Waals surface area contributed by atoms with E-state index in [1.165, 1.54) is 5.56 Å². The van der Waals surface area contributed by atoms with Gasteiger partial charge in [-0.15, -0.1) is 0 Å². The largest absolute Gasteiger partial charge is 0.492 e. The van der Waals surface area contributed by atoms with Crippen molar-refractivity contribution in [3.05, 3.63) is 58.8 Å². The molecule has 138 valence electrons. The van der Waals surface area contributed by atoms with E-state index in [0.717, 1.165) is 49.4 Å². The van der Waals surface area contributed by atoms with Gasteiger partial charge < -0.3 is 9.64 Å². The molecule has 2 heterocycles. The highest BCUT2D eigenvalue weighted by molar-refractivity contribution is 9.10. The molecule has 26 heavy (non-hydrogen) atoms. The molecule has 1 aliphatic rings. The zero-order valence-electron chi connectivity index (χ0n) is 14.8. The molecule has 0 aliphatic carbocycles. The maximum Gasteiger partial charge on any atom is 0.222 e. The Bertz CT molecular complexity index is 703. The topological polar surface area (TPSA) is 45.7 Å². The fourth-order valence-electron chi connectivity index (χ4n) is 3.03. The monoisotopic (exact) mass is 417 g/mol. The summed E-state index contributed by atoms with van der Waals surface area (Å²) in [6.07, 6.45) is 4.96. The number of aromatic nitrogens is 1. The Morgan fingerprint density at radius 3 is 2.65 bits per heavy atom. The van der Waals surface area contributed by atoms with Crippen LogP contribution in [-0.2, 0) is 11.3 Å². The van der Waals surface area contributed by atoms with Gasteiger partial charge in [-0.05, 0) is 46.1 Å². The summed E-state index contributed by atoms with van der Waals surface area (Å²) in [6, 6.07) is 11.8. The van der Waals surface area contributed by atoms with Crippen LogP contribution in [0.15, 0.2) is 53.3 Å². The van der Waals surface area contributed by atoms with Gasteiger partial charge in [0.05, 0.1) is 11.1 Å². The van der Waals surface area contributed by atoms with Crippen LogP contribution in [0.3, 0.4) is 0 Å². The van der Waals surface area contributed by atoms with E-state index < -0.39 is 0 Å². The number of hydrogen-bond donors (Lipinski definition) is 0. The standard InChI is InChI=1S/C20H24BrN3O2/c21-18-6-1-2-7-19(18)26-14-4-8-20(25)24-12-10-23(11-13-24)16-17-5-3-9-22-15-17/h1-3,5-7,9,15H,4,8,10-14,16H2. The number of hydrogen-bond acceptors (Lipinski definition) is 4. The summed E-state index contributed by atoms with van der Waals surface area (Å²) in [5, 5.41) is 0. The summed E-state index contributed by atoms with van der Waals surface area (Å²) in [5.41, 5.74) is 1.22. The van der Waals surface area contributed by atoms with Gasteiger partial charge in [-0.3, -0.25) is 14.7 Å². The summed E-state index contributed by atoms with van der Waals surface area (Å²) in [5.74, 6) is 1.05. The Morgan fingerprint density at radius 2 is 1.92 bits per heavy atom. The number of ether oxygens (including phenoxy) is 1. The van der Waals surface area contributed by atoms with E-state index in [2.05, 4.69) is 31.9 Å². The van der Waals surface area contributed by atoms with E-state index in [1.54, 1.807) is 6.20 Å². The SMILES string of the molecule is O=C(CCCOc1ccccc1Br)N1CCN(Cc2cccnc2)CC1. The molecule has 2 aromatic rings. The fourth-order valence-corrected chi connectivity index (χ4v) is 3.43. The average molecular weight is 418 g/mol. The maximum atomic E-state index is 12.4. The third kappa shape index (κ3) is 5.54. The molecule has 0 spiro atoms. The van der Waals surface area contributed by atoms with Gasteiger partial charge in [-0.25, -0.2) is 0 Å². The molecule has 6 heteroatoms. The quantitative estimate of drug-likeness (QED) is 0.648. The van der Waals surface area contributed by atoms with Crippen LogP contribution in [0.1, 0.15) is 18.4 Å². The first-order valence-corrected chi connectivity index (χ1v) is 9.78. The van der Waals surface area contributed by atoms with Gasteiger partial charge in [0.2, 0.25) is 5.91 Å². The molecule has 0 bridgehead atoms. The van der Waals surface area contributed by atoms with Crippen LogP contribution in [0.4, 0.5) is 0 Å². The van der Waals surface area contributed by atoms with Crippen molar-refractivity contribution in [1.82, 2.24) is 14.8 Å². The highest BCUT2D eigenvalue weighted by Crippen LogP contribution is 2.23. The fraction of sp³-hybridized carbons (Fsp3) is 0.400. The van der Waals surface area contributed by atoms with Gasteiger partial charge in [0.15, 0.2) is 0 Å². The minimum atomic E-state index is 0.224. The third-order valence-electron chi connectivity index (χ3n) is 4.48. The Balaban J connectivity index is 1.34. The Labute approximate surface area is 163 Å². The Kier molecular flexibility index (Phi) is 7.03. The van der Waals surface area contributed by atoms with Crippen molar-refractivity contribution in [3.8, 4) is 5.75 Å². The second-order valence-electron chi connectivity index (χ2n) is 6.40. The van der Waals surface area contributed by atoms with Gasteiger partial charge in [-0.1, -0.05) is 18.2 Å². The van der Waals surface area contributed by atoms with E-state index in [4.69, 9.17) is 4.74 Å². The molecule has 1 saturated heterocycles. The van der Waals surface area contributed by atoms with Crippen LogP contribution in [0.5, 0.6) is 5.75 Å². The Hall–Kier alpha value is -1.92. The molecule has 0 atom stereocenters. The zero-order chi connectivity index (χ0) is 18.2. The predicted molar refractivity (Wildman–Crippen MR) is 105 cm³/mol. The number of nitrogens with zero attached hydrogens (tertiary/aromatic N) is 3. The molecule has 0 unspecified atom stereocenters. The lowest BCUT2D eigenvalue weighted by molar-refractivity contribution is -0.133. The number of para-hydroxylation sites is 1. The van der Waals surface area contributed by atoms with Gasteiger partial charge in [0.1, 0.15) is 5.75 Å². The van der Waals surface area contributed by atoms with Gasteiger partial charge in [-0.2, -0.15) is 0 Å². The number of carbonyl (C=O) groups excluding carboxylic acids is 1. The molecule has 1 aromatic heterocycles. The molecule has 0 N–H and O–H groups in total. The summed E-state index contributed by atoms with van der Waals surface area (Å²) in [4.78, 5) is 20.9. The van der Waals surface area contributed by atoms with Crippen molar-refractivity contribution in [2.24, 2.45) is 0 Å². The summed E-state index contributed by atoms with van der Waals surface area (Å²) >= 11 is 3.46. The van der Waals surface area contributed by atoms with Crippen LogP contribution in [0.2, 0.25) is 0 Å². The van der Waals surface area contributed by atoms with E-state index in [1.807, 2.05) is 41.4 Å². The number of halogens is 1. The van der Waals surface area contributed by atoms with Crippen LogP contribution in [-0.4, -0.2) is 53.5 Å². The normalized spacial score (nSPS) is 15.0. The highest BCUT2D eigenvalue weighted by atomic mass is 79.9. The smallest absolute Gasteiger partial charge is 0.222 e. The number of amides is 1. The lowest BCUT2D eigenvalue weighted by Gasteiger charge is -2.34. The maximum absolute atomic E-state index is 12.4. The summed E-state index contributed by atoms with van der Waals surface area (Å²) in [6.45, 7) is 4.86. The first-order valence-electron chi connectivity index (χ1n) is 8.99. The third-order valence-corrected chi connectivity index (χ3v) is 5.14. The highest BCUT2D eigenvalue weighted by Gasteiger charge is 2.20. The number of piperazine rings is 1. The number of carbonyl (C=O) groups is 1. The van der Waals surface area contributed by atoms with Crippen LogP contribution in [0, 0.1) is 0 Å². The molecule has 1 fully saturated rings. The van der Waals surface area contributed by atoms with Crippen molar-refractivity contribution in [2.45, 2.75) is 19.4 Å². The Morgan fingerprint density at radius 1 is 1.12 bits per heavy atom. The molecule has 1 aliphatic heterocycles. The van der Waals surface area contributed by atoms with Crippen molar-refractivity contribution in [2.75, 3.05) is 32.8 Å². The summed E-state index contributed by atoms with van der Waals surface area (Å²) < 4.78 is 6.67. The molecule has 0 radical (unpaired) electrons. The van der Waals surface area contributed by atoms with Crippen molar-refractivity contribution in [3.63, 3.8) is 0 Å². The van der Waals surface area contributed by atoms with Crippen LogP contribution >= 0.6 is 15.9 Å². The second-order valence-corrected chi connectivity index (χ2v) is 7.25. The van der Waals surface area contributed by atoms with Crippen molar-refractivity contribution >= 4 is 21.8 Å². The minimum absolute atomic E-state index is 0.224. The molecule has 5 nitrogen and oxygen atoms in total. The van der Waals surface area contributed by atoms with E-state index in [9.17, 15) is 4.79 Å². The van der Waals surface area contributed by atoms with Gasteiger partial charge in [0.25, 0.3) is 0 Å². The molecule has 1 aromatic carbocycles. The molecular weight excluding hydrogens is 394 g/mol. The van der Waals surface area contributed by atoms with E-state index >= 15 is 0 Å². The molecule has 0 saturated carbocycles. The van der Waals surface area contributed by atoms with E-state index in [-0.39, 0.29) is 5.91 Å². The lowest BCUT2D eigenvalue weighted by atomic mass is 10.2. The first kappa shape index (κ1) is 18.9. The molecule has 1 amide bonds. The van der Waals surface area contributed by atoms with Gasteiger partial charge >= 0.3 is 0 Å². The molecule has 3 rings (SSSR count). The number of rotatable bonds is 7. The van der Waals surface area contributed by atoms with Gasteiger partial charge in [0, 0.05) is 51.5 Å². The zero-order valence-corrected chi connectivity index (χ0v) is 16.4. The molecular formula is C20H24BrN3O2. The van der Waals surface area contributed by atoms with E-state index in [0.29, 0.717) is 13.0 Å². The van der Waals surface area contributed by atoms with Crippen LogP contribution in [0.25, 0.3) is 0 Å². The number of pyridine rings is 1. The van der Waals surface area contributed by atoms with Crippen LogP contribution < -0.4 is 4.74 Å². The minimum Gasteiger partial charge on any atom is -0.492 e. The lowest BCUT2D eigenvalue weighted by Crippen LogP contribution is -2.48. The van der Waals surface area contributed by atoms with Crippen molar-refractivity contribution < 1.29 is 9.53 Å².